The number of hydrogen-bond donors (Lipinski definition) is 3. The van der Waals surface area contributed by atoms with Crippen LogP contribution in [0.5, 0.6) is 0 Å². The number of halogens is 1. The van der Waals surface area contributed by atoms with E-state index in [4.69, 9.17) is 11.6 Å². The second kappa shape index (κ2) is 11.2. The minimum atomic E-state index is -0.747. The van der Waals surface area contributed by atoms with E-state index in [-0.39, 0.29) is 30.2 Å². The van der Waals surface area contributed by atoms with E-state index in [2.05, 4.69) is 17.6 Å². The molecule has 3 amide bonds. The average Bonchev–Trinajstić information content (AvgIpc) is 3.08. The Bertz CT molecular complexity index is 899. The van der Waals surface area contributed by atoms with E-state index in [1.807, 2.05) is 31.2 Å². The Morgan fingerprint density at radius 3 is 2.58 bits per heavy atom. The maximum atomic E-state index is 13.7. The largest absolute Gasteiger partial charge is 0.396 e. The summed E-state index contributed by atoms with van der Waals surface area (Å²) in [7, 11) is 1.58. The van der Waals surface area contributed by atoms with Gasteiger partial charge in [-0.15, -0.1) is 0 Å². The zero-order valence-corrected chi connectivity index (χ0v) is 20.3. The Hall–Kier alpha value is -2.38. The zero-order chi connectivity index (χ0) is 24.1. The fraction of sp³-hybridized carbons (Fsp3) is 0.560. The van der Waals surface area contributed by atoms with E-state index in [9.17, 15) is 19.5 Å². The molecule has 1 aliphatic heterocycles. The second-order valence-corrected chi connectivity index (χ2v) is 9.32. The highest BCUT2D eigenvalue weighted by molar-refractivity contribution is 6.34. The number of nitrogens with zero attached hydrogens (tertiary/aromatic N) is 1. The molecular weight excluding hydrogens is 442 g/mol. The van der Waals surface area contributed by atoms with Crippen molar-refractivity contribution in [2.75, 3.05) is 25.5 Å². The number of likely N-dealkylation sites (tertiary alicyclic amines) is 1. The molecule has 7 nitrogen and oxygen atoms in total. The molecule has 180 valence electrons. The van der Waals surface area contributed by atoms with Gasteiger partial charge in [0.25, 0.3) is 0 Å². The molecule has 1 saturated heterocycles. The van der Waals surface area contributed by atoms with E-state index < -0.39 is 23.8 Å². The molecule has 1 heterocycles. The van der Waals surface area contributed by atoms with Crippen LogP contribution in [-0.2, 0) is 14.4 Å². The van der Waals surface area contributed by atoms with E-state index >= 15 is 0 Å². The number of hydrogen-bond acceptors (Lipinski definition) is 4. The number of amides is 3. The number of aliphatic hydroxyl groups is 1. The second-order valence-electron chi connectivity index (χ2n) is 8.91. The third kappa shape index (κ3) is 5.09. The third-order valence-corrected chi connectivity index (χ3v) is 7.14. The number of benzene rings is 1. The molecule has 3 rings (SSSR count). The van der Waals surface area contributed by atoms with Crippen LogP contribution in [0.2, 0.25) is 5.02 Å². The van der Waals surface area contributed by atoms with E-state index in [1.54, 1.807) is 18.0 Å². The van der Waals surface area contributed by atoms with Crippen molar-refractivity contribution in [1.29, 1.82) is 0 Å². The quantitative estimate of drug-likeness (QED) is 0.377. The van der Waals surface area contributed by atoms with Crippen LogP contribution < -0.4 is 10.6 Å². The van der Waals surface area contributed by atoms with Crippen molar-refractivity contribution in [1.82, 2.24) is 10.2 Å². The highest BCUT2D eigenvalue weighted by atomic mass is 35.5. The molecule has 8 heteroatoms. The van der Waals surface area contributed by atoms with Crippen molar-refractivity contribution >= 4 is 35.0 Å². The fourth-order valence-electron chi connectivity index (χ4n) is 5.25. The lowest BCUT2D eigenvalue weighted by Gasteiger charge is -2.34. The number of nitrogens with one attached hydrogen (secondary N) is 2. The number of aliphatic hydroxyl groups excluding tert-OH is 1. The highest BCUT2D eigenvalue weighted by Gasteiger charge is 2.56. The van der Waals surface area contributed by atoms with Gasteiger partial charge in [0.15, 0.2) is 0 Å². The van der Waals surface area contributed by atoms with Crippen molar-refractivity contribution in [2.45, 2.75) is 45.6 Å². The van der Waals surface area contributed by atoms with Crippen LogP contribution in [0.4, 0.5) is 5.69 Å². The Labute approximate surface area is 200 Å². The molecule has 1 aromatic rings. The smallest absolute Gasteiger partial charge is 0.247 e. The molecule has 2 aliphatic rings. The van der Waals surface area contributed by atoms with Gasteiger partial charge in [0.1, 0.15) is 6.04 Å². The SMILES string of the molecule is CCC[C@@H]1C=C[C@H]2[C@H](C(=O)N(CCCCO)[C@@H]2C(=O)Nc2c(C)cccc2Cl)[C@@H]1C(=O)NC. The lowest BCUT2D eigenvalue weighted by Crippen LogP contribution is -2.45. The van der Waals surface area contributed by atoms with Gasteiger partial charge in [0.05, 0.1) is 22.5 Å². The predicted octanol–water partition coefficient (Wildman–Crippen LogP) is 3.15. The summed E-state index contributed by atoms with van der Waals surface area (Å²) >= 11 is 6.33. The molecule has 1 fully saturated rings. The summed E-state index contributed by atoms with van der Waals surface area (Å²) in [5.74, 6) is -2.23. The monoisotopic (exact) mass is 475 g/mol. The predicted molar refractivity (Wildman–Crippen MR) is 129 cm³/mol. The number of anilines is 1. The Morgan fingerprint density at radius 2 is 1.94 bits per heavy atom. The maximum Gasteiger partial charge on any atom is 0.247 e. The summed E-state index contributed by atoms with van der Waals surface area (Å²) in [6.07, 6.45) is 6.76. The molecule has 0 spiro atoms. The molecule has 33 heavy (non-hydrogen) atoms. The topological polar surface area (TPSA) is 98.7 Å². The van der Waals surface area contributed by atoms with E-state index in [1.165, 1.54) is 0 Å². The van der Waals surface area contributed by atoms with Gasteiger partial charge in [-0.3, -0.25) is 14.4 Å². The van der Waals surface area contributed by atoms with Crippen LogP contribution in [0.25, 0.3) is 0 Å². The number of para-hydroxylation sites is 1. The summed E-state index contributed by atoms with van der Waals surface area (Å²) in [6.45, 7) is 4.28. The van der Waals surface area contributed by atoms with Crippen molar-refractivity contribution in [2.24, 2.45) is 23.7 Å². The van der Waals surface area contributed by atoms with E-state index in [0.29, 0.717) is 30.1 Å². The van der Waals surface area contributed by atoms with Gasteiger partial charge in [-0.2, -0.15) is 0 Å². The number of unbranched alkanes of at least 4 members (excludes halogenated alkanes) is 1. The Balaban J connectivity index is 1.98. The van der Waals surface area contributed by atoms with Crippen molar-refractivity contribution in [3.05, 3.63) is 40.9 Å². The lowest BCUT2D eigenvalue weighted by atomic mass is 9.68. The highest BCUT2D eigenvalue weighted by Crippen LogP contribution is 2.45. The van der Waals surface area contributed by atoms with Gasteiger partial charge >= 0.3 is 0 Å². The van der Waals surface area contributed by atoms with Crippen LogP contribution in [-0.4, -0.2) is 54.0 Å². The van der Waals surface area contributed by atoms with Crippen LogP contribution in [0.15, 0.2) is 30.4 Å². The number of carbonyl (C=O) groups is 3. The van der Waals surface area contributed by atoms with Crippen molar-refractivity contribution in [3.8, 4) is 0 Å². The number of allylic oxidation sites excluding steroid dienone is 1. The molecule has 0 radical (unpaired) electrons. The van der Waals surface area contributed by atoms with Gasteiger partial charge in [-0.1, -0.05) is 49.2 Å². The van der Waals surface area contributed by atoms with Crippen LogP contribution in [0, 0.1) is 30.6 Å². The third-order valence-electron chi connectivity index (χ3n) is 6.83. The van der Waals surface area contributed by atoms with Crippen molar-refractivity contribution in [3.63, 3.8) is 0 Å². The molecule has 5 atom stereocenters. The molecule has 0 saturated carbocycles. The molecule has 0 unspecified atom stereocenters. The first kappa shape index (κ1) is 25.2. The molecule has 0 aromatic heterocycles. The first-order valence-corrected chi connectivity index (χ1v) is 12.1. The normalized spacial score (nSPS) is 26.3. The molecule has 0 bridgehead atoms. The zero-order valence-electron chi connectivity index (χ0n) is 19.5. The Morgan fingerprint density at radius 1 is 1.18 bits per heavy atom. The minimum absolute atomic E-state index is 0.0178. The summed E-state index contributed by atoms with van der Waals surface area (Å²) < 4.78 is 0. The molecule has 3 N–H and O–H groups in total. The van der Waals surface area contributed by atoms with E-state index in [0.717, 1.165) is 18.4 Å². The number of aryl methyl sites for hydroxylation is 1. The van der Waals surface area contributed by atoms with Crippen LogP contribution in [0.3, 0.4) is 0 Å². The molecule has 1 aliphatic carbocycles. The van der Waals surface area contributed by atoms with Gasteiger partial charge in [0.2, 0.25) is 17.7 Å². The van der Waals surface area contributed by atoms with Gasteiger partial charge in [-0.25, -0.2) is 0 Å². The van der Waals surface area contributed by atoms with Crippen molar-refractivity contribution < 1.29 is 19.5 Å². The fourth-order valence-corrected chi connectivity index (χ4v) is 5.52. The average molecular weight is 476 g/mol. The lowest BCUT2D eigenvalue weighted by molar-refractivity contribution is -0.140. The summed E-state index contributed by atoms with van der Waals surface area (Å²) in [4.78, 5) is 41.7. The van der Waals surface area contributed by atoms with Crippen LogP contribution in [0.1, 0.15) is 38.2 Å². The molecular formula is C25H34ClN3O4. The standard InChI is InChI=1S/C25H34ClN3O4/c1-4-8-16-11-12-17-20(19(16)23(31)27-3)25(33)29(13-5-6-14-30)22(17)24(32)28-21-15(2)9-7-10-18(21)26/h7,9-12,16-17,19-20,22,30H,4-6,8,13-14H2,1-3H3,(H,27,31)(H,28,32)/t16-,17+,19-,20+,22+/m1/s1. The van der Waals surface area contributed by atoms with Gasteiger partial charge in [-0.05, 0) is 43.7 Å². The first-order valence-electron chi connectivity index (χ1n) is 11.7. The number of carbonyl (C=O) groups excluding carboxylic acids is 3. The first-order chi connectivity index (χ1) is 15.8. The van der Waals surface area contributed by atoms with Gasteiger partial charge < -0.3 is 20.6 Å². The maximum absolute atomic E-state index is 13.7. The van der Waals surface area contributed by atoms with Crippen LogP contribution >= 0.6 is 11.6 Å². The molecule has 1 aromatic carbocycles. The number of rotatable bonds is 9. The summed E-state index contributed by atoms with van der Waals surface area (Å²) in [6, 6.07) is 4.64. The summed E-state index contributed by atoms with van der Waals surface area (Å²) in [5, 5.41) is 15.3. The number of fused-ring (bicyclic) bond motifs is 1. The minimum Gasteiger partial charge on any atom is -0.396 e. The summed E-state index contributed by atoms with van der Waals surface area (Å²) in [5.41, 5.74) is 1.36. The Kier molecular flexibility index (Phi) is 8.54. The van der Waals surface area contributed by atoms with Gasteiger partial charge in [0, 0.05) is 26.1 Å².